The number of ether oxygens (including phenoxy) is 3. The number of piperidine rings is 1. The monoisotopic (exact) mass is 411 g/mol. The van der Waals surface area contributed by atoms with Gasteiger partial charge >= 0.3 is 0 Å². The Balaban J connectivity index is 1.53. The maximum atomic E-state index is 10.8. The molecule has 0 radical (unpaired) electrons. The minimum atomic E-state index is -0.476. The lowest BCUT2D eigenvalue weighted by Gasteiger charge is -2.46. The second kappa shape index (κ2) is 8.58. The lowest BCUT2D eigenvalue weighted by Crippen LogP contribution is -2.53. The van der Waals surface area contributed by atoms with Gasteiger partial charge in [-0.3, -0.25) is 4.90 Å². The molecule has 1 N–H and O–H groups in total. The van der Waals surface area contributed by atoms with Gasteiger partial charge in [-0.2, -0.15) is 0 Å². The fourth-order valence-corrected chi connectivity index (χ4v) is 4.57. The first-order valence-electron chi connectivity index (χ1n) is 10.8. The average molecular weight is 412 g/mol. The van der Waals surface area contributed by atoms with Gasteiger partial charge in [0.05, 0.1) is 24.9 Å². The van der Waals surface area contributed by atoms with E-state index in [0.29, 0.717) is 13.0 Å². The Bertz CT molecular complexity index is 861. The van der Waals surface area contributed by atoms with Crippen molar-refractivity contribution in [3.8, 4) is 11.5 Å². The van der Waals surface area contributed by atoms with Crippen molar-refractivity contribution in [2.75, 3.05) is 20.2 Å². The molecule has 4 rings (SSSR count). The van der Waals surface area contributed by atoms with Crippen molar-refractivity contribution in [3.63, 3.8) is 0 Å². The van der Waals surface area contributed by atoms with Crippen LogP contribution in [0.25, 0.3) is 0 Å². The van der Waals surface area contributed by atoms with Gasteiger partial charge in [0.1, 0.15) is 6.61 Å². The van der Waals surface area contributed by atoms with Gasteiger partial charge in [0.2, 0.25) is 0 Å². The summed E-state index contributed by atoms with van der Waals surface area (Å²) in [6.45, 7) is 8.34. The third kappa shape index (κ3) is 4.64. The summed E-state index contributed by atoms with van der Waals surface area (Å²) in [5.41, 5.74) is 3.38. The van der Waals surface area contributed by atoms with Gasteiger partial charge in [0.15, 0.2) is 11.5 Å². The normalized spacial score (nSPS) is 24.1. The van der Waals surface area contributed by atoms with Gasteiger partial charge in [-0.1, -0.05) is 30.3 Å². The summed E-state index contributed by atoms with van der Waals surface area (Å²) < 4.78 is 17.9. The van der Waals surface area contributed by atoms with E-state index < -0.39 is 6.10 Å². The first-order valence-corrected chi connectivity index (χ1v) is 10.8. The predicted molar refractivity (Wildman–Crippen MR) is 117 cm³/mol. The van der Waals surface area contributed by atoms with Crippen molar-refractivity contribution >= 4 is 0 Å². The van der Waals surface area contributed by atoms with E-state index in [1.165, 1.54) is 11.1 Å². The highest BCUT2D eigenvalue weighted by atomic mass is 16.5. The summed E-state index contributed by atoms with van der Waals surface area (Å²) in [7, 11) is 1.68. The molecule has 2 aliphatic rings. The summed E-state index contributed by atoms with van der Waals surface area (Å²) in [5, 5.41) is 10.8. The highest BCUT2D eigenvalue weighted by molar-refractivity contribution is 5.50. The summed E-state index contributed by atoms with van der Waals surface area (Å²) in [6.07, 6.45) is 0.992. The van der Waals surface area contributed by atoms with Gasteiger partial charge in [-0.25, -0.2) is 0 Å². The van der Waals surface area contributed by atoms with Crippen LogP contribution in [-0.4, -0.2) is 48.0 Å². The Morgan fingerprint density at radius 1 is 1.10 bits per heavy atom. The standard InChI is InChI=1S/C25H33NO4/c1-25(2,3)30-24-15-26-11-10-18-12-23(29-16-17-8-6-5-7-9-17)22(28-4)13-19(18)20(26)14-21(24)27/h5-9,12-13,20-21,24,27H,10-11,14-16H2,1-4H3/t20-,21-,24-/m1/s1. The molecule has 30 heavy (non-hydrogen) atoms. The molecule has 2 aliphatic heterocycles. The smallest absolute Gasteiger partial charge is 0.161 e. The maximum Gasteiger partial charge on any atom is 0.161 e. The molecule has 2 aromatic carbocycles. The van der Waals surface area contributed by atoms with E-state index >= 15 is 0 Å². The molecule has 0 saturated carbocycles. The number of fused-ring (bicyclic) bond motifs is 3. The average Bonchev–Trinajstić information content (AvgIpc) is 2.72. The van der Waals surface area contributed by atoms with E-state index in [2.05, 4.69) is 29.2 Å². The maximum absolute atomic E-state index is 10.8. The van der Waals surface area contributed by atoms with Crippen LogP contribution in [0.5, 0.6) is 11.5 Å². The van der Waals surface area contributed by atoms with E-state index in [0.717, 1.165) is 36.6 Å². The van der Waals surface area contributed by atoms with Crippen LogP contribution in [0.4, 0.5) is 0 Å². The Labute approximate surface area is 179 Å². The SMILES string of the molecule is COc1cc2c(cc1OCc1ccccc1)CCN1C[C@@H](OC(C)(C)C)[C@H](O)C[C@H]21. The van der Waals surface area contributed by atoms with Crippen LogP contribution < -0.4 is 9.47 Å². The van der Waals surface area contributed by atoms with Crippen LogP contribution in [0, 0.1) is 0 Å². The van der Waals surface area contributed by atoms with Crippen molar-refractivity contribution < 1.29 is 19.3 Å². The van der Waals surface area contributed by atoms with Gasteiger partial charge in [-0.05, 0) is 62.4 Å². The van der Waals surface area contributed by atoms with Crippen LogP contribution >= 0.6 is 0 Å². The Hall–Kier alpha value is -2.08. The van der Waals surface area contributed by atoms with Crippen LogP contribution in [0.3, 0.4) is 0 Å². The fourth-order valence-electron chi connectivity index (χ4n) is 4.57. The lowest BCUT2D eigenvalue weighted by atomic mass is 9.84. The second-order valence-electron chi connectivity index (χ2n) is 9.31. The van der Waals surface area contributed by atoms with Gasteiger partial charge in [-0.15, -0.1) is 0 Å². The zero-order chi connectivity index (χ0) is 21.3. The number of benzene rings is 2. The number of methoxy groups -OCH3 is 1. The number of hydrogen-bond acceptors (Lipinski definition) is 5. The number of rotatable bonds is 5. The van der Waals surface area contributed by atoms with Gasteiger partial charge in [0, 0.05) is 19.1 Å². The molecular weight excluding hydrogens is 378 g/mol. The third-order valence-electron chi connectivity index (χ3n) is 5.94. The zero-order valence-corrected chi connectivity index (χ0v) is 18.4. The highest BCUT2D eigenvalue weighted by Gasteiger charge is 2.40. The van der Waals surface area contributed by atoms with Gasteiger partial charge in [0.25, 0.3) is 0 Å². The van der Waals surface area contributed by atoms with Crippen molar-refractivity contribution in [2.24, 2.45) is 0 Å². The van der Waals surface area contributed by atoms with E-state index in [9.17, 15) is 5.11 Å². The lowest BCUT2D eigenvalue weighted by molar-refractivity contribution is -0.149. The second-order valence-corrected chi connectivity index (χ2v) is 9.31. The van der Waals surface area contributed by atoms with Crippen LogP contribution in [0.2, 0.25) is 0 Å². The Morgan fingerprint density at radius 2 is 1.87 bits per heavy atom. The molecule has 2 heterocycles. The fraction of sp³-hybridized carbons (Fsp3) is 0.520. The van der Waals surface area contributed by atoms with Crippen LogP contribution in [0.1, 0.15) is 49.9 Å². The highest BCUT2D eigenvalue weighted by Crippen LogP contribution is 2.42. The largest absolute Gasteiger partial charge is 0.493 e. The van der Waals surface area contributed by atoms with Crippen molar-refractivity contribution in [2.45, 2.75) is 64.1 Å². The molecule has 3 atom stereocenters. The van der Waals surface area contributed by atoms with Gasteiger partial charge < -0.3 is 19.3 Å². The summed E-state index contributed by atoms with van der Waals surface area (Å²) in [5.74, 6) is 1.52. The summed E-state index contributed by atoms with van der Waals surface area (Å²) >= 11 is 0. The molecule has 0 bridgehead atoms. The molecular formula is C25H33NO4. The number of hydrogen-bond donors (Lipinski definition) is 1. The number of aliphatic hydroxyl groups is 1. The summed E-state index contributed by atoms with van der Waals surface area (Å²) in [6, 6.07) is 14.6. The molecule has 1 saturated heterocycles. The van der Waals surface area contributed by atoms with E-state index in [-0.39, 0.29) is 17.7 Å². The first-order chi connectivity index (χ1) is 14.3. The molecule has 1 fully saturated rings. The molecule has 0 amide bonds. The van der Waals surface area contributed by atoms with E-state index in [1.807, 2.05) is 39.0 Å². The Kier molecular flexibility index (Phi) is 6.05. The molecule has 0 aliphatic carbocycles. The third-order valence-corrected chi connectivity index (χ3v) is 5.94. The Morgan fingerprint density at radius 3 is 2.57 bits per heavy atom. The van der Waals surface area contributed by atoms with E-state index in [1.54, 1.807) is 7.11 Å². The molecule has 162 valence electrons. The molecule has 0 spiro atoms. The minimum absolute atomic E-state index is 0.154. The van der Waals surface area contributed by atoms with Crippen molar-refractivity contribution in [3.05, 3.63) is 59.2 Å². The van der Waals surface area contributed by atoms with Crippen LogP contribution in [0.15, 0.2) is 42.5 Å². The van der Waals surface area contributed by atoms with Crippen molar-refractivity contribution in [1.82, 2.24) is 4.90 Å². The number of aliphatic hydroxyl groups excluding tert-OH is 1. The van der Waals surface area contributed by atoms with E-state index in [4.69, 9.17) is 14.2 Å². The minimum Gasteiger partial charge on any atom is -0.493 e. The molecule has 0 unspecified atom stereocenters. The van der Waals surface area contributed by atoms with Crippen molar-refractivity contribution in [1.29, 1.82) is 0 Å². The number of nitrogens with zero attached hydrogens (tertiary/aromatic N) is 1. The quantitative estimate of drug-likeness (QED) is 0.802. The topological polar surface area (TPSA) is 51.2 Å². The molecule has 0 aromatic heterocycles. The predicted octanol–water partition coefficient (Wildman–Crippen LogP) is 4.12. The molecule has 2 aromatic rings. The zero-order valence-electron chi connectivity index (χ0n) is 18.4. The first kappa shape index (κ1) is 21.2. The van der Waals surface area contributed by atoms with Crippen LogP contribution in [-0.2, 0) is 17.8 Å². The molecule has 5 heteroatoms. The molecule has 5 nitrogen and oxygen atoms in total. The summed E-state index contributed by atoms with van der Waals surface area (Å²) in [4.78, 5) is 2.44.